The molecule has 0 saturated carbocycles. The number of ether oxygens (including phenoxy) is 1. The Morgan fingerprint density at radius 2 is 1.88 bits per heavy atom. The van der Waals surface area contributed by atoms with Crippen LogP contribution in [0, 0.1) is 3.57 Å². The van der Waals surface area contributed by atoms with Gasteiger partial charge in [-0.2, -0.15) is 0 Å². The molecule has 0 fully saturated rings. The molecule has 0 aliphatic carbocycles. The summed E-state index contributed by atoms with van der Waals surface area (Å²) in [6, 6.07) is 12.0. The van der Waals surface area contributed by atoms with Crippen LogP contribution in [0.15, 0.2) is 42.6 Å². The van der Waals surface area contributed by atoms with Gasteiger partial charge in [-0.05, 0) is 52.4 Å². The summed E-state index contributed by atoms with van der Waals surface area (Å²) in [7, 11) is 0. The Balaban J connectivity index is 1.95. The topological polar surface area (TPSA) is 48.1 Å². The molecule has 0 saturated heterocycles. The maximum atomic E-state index is 5.63. The highest BCUT2D eigenvalue weighted by Crippen LogP contribution is 2.13. The predicted molar refractivity (Wildman–Crippen MR) is 75.6 cm³/mol. The van der Waals surface area contributed by atoms with E-state index in [0.717, 1.165) is 17.0 Å². The van der Waals surface area contributed by atoms with E-state index in [0.29, 0.717) is 13.2 Å². The van der Waals surface area contributed by atoms with E-state index >= 15 is 0 Å². The summed E-state index contributed by atoms with van der Waals surface area (Å²) in [6.45, 7) is 1.01. The maximum Gasteiger partial charge on any atom is 0.138 e. The van der Waals surface area contributed by atoms with Crippen LogP contribution in [0.5, 0.6) is 5.75 Å². The second-order valence-electron chi connectivity index (χ2n) is 3.60. The number of benzene rings is 1. The summed E-state index contributed by atoms with van der Waals surface area (Å²) in [5.41, 5.74) is 7.49. The van der Waals surface area contributed by atoms with Crippen molar-refractivity contribution in [2.24, 2.45) is 5.73 Å². The van der Waals surface area contributed by atoms with E-state index in [2.05, 4.69) is 51.8 Å². The number of nitrogens with two attached hydrogens (primary N) is 1. The fraction of sp³-hybridized carbons (Fsp3) is 0.154. The Morgan fingerprint density at radius 1 is 1.12 bits per heavy atom. The molecule has 17 heavy (non-hydrogen) atoms. The lowest BCUT2D eigenvalue weighted by molar-refractivity contribution is 0.305. The minimum Gasteiger partial charge on any atom is -0.487 e. The maximum absolute atomic E-state index is 5.63. The Hall–Kier alpha value is -1.14. The number of hydrogen-bond donors (Lipinski definition) is 1. The molecule has 0 atom stereocenters. The fourth-order valence-electron chi connectivity index (χ4n) is 1.36. The second-order valence-corrected chi connectivity index (χ2v) is 4.85. The standard InChI is InChI=1S/C13H13IN2O/c14-11-3-1-10(2-4-11)9-17-13-6-5-12(7-15)16-8-13/h1-6,8H,7,9,15H2. The van der Waals surface area contributed by atoms with Crippen molar-refractivity contribution < 1.29 is 4.74 Å². The van der Waals surface area contributed by atoms with E-state index in [1.54, 1.807) is 6.20 Å². The van der Waals surface area contributed by atoms with Gasteiger partial charge >= 0.3 is 0 Å². The number of halogens is 1. The van der Waals surface area contributed by atoms with Crippen molar-refractivity contribution in [3.8, 4) is 5.75 Å². The van der Waals surface area contributed by atoms with Crippen LogP contribution in [0.25, 0.3) is 0 Å². The van der Waals surface area contributed by atoms with Crippen LogP contribution in [0.1, 0.15) is 11.3 Å². The normalized spacial score (nSPS) is 10.2. The summed E-state index contributed by atoms with van der Waals surface area (Å²) >= 11 is 2.28. The summed E-state index contributed by atoms with van der Waals surface area (Å²) < 4.78 is 6.85. The van der Waals surface area contributed by atoms with E-state index < -0.39 is 0 Å². The van der Waals surface area contributed by atoms with Gasteiger partial charge in [-0.15, -0.1) is 0 Å². The monoisotopic (exact) mass is 340 g/mol. The summed E-state index contributed by atoms with van der Waals surface area (Å²) in [5, 5.41) is 0. The molecule has 0 unspecified atom stereocenters. The van der Waals surface area contributed by atoms with E-state index in [-0.39, 0.29) is 0 Å². The zero-order valence-electron chi connectivity index (χ0n) is 9.27. The van der Waals surface area contributed by atoms with Gasteiger partial charge in [-0.3, -0.25) is 4.98 Å². The number of hydrogen-bond acceptors (Lipinski definition) is 3. The van der Waals surface area contributed by atoms with Gasteiger partial charge in [0.2, 0.25) is 0 Å². The van der Waals surface area contributed by atoms with Gasteiger partial charge in [-0.1, -0.05) is 12.1 Å². The third-order valence-electron chi connectivity index (χ3n) is 2.33. The molecular formula is C13H13IN2O. The molecule has 3 nitrogen and oxygen atoms in total. The van der Waals surface area contributed by atoms with Crippen LogP contribution in [-0.4, -0.2) is 4.98 Å². The van der Waals surface area contributed by atoms with E-state index in [9.17, 15) is 0 Å². The molecule has 88 valence electrons. The van der Waals surface area contributed by atoms with E-state index in [1.807, 2.05) is 12.1 Å². The molecular weight excluding hydrogens is 327 g/mol. The Kier molecular flexibility index (Phi) is 4.33. The van der Waals surface area contributed by atoms with Crippen LogP contribution in [0.4, 0.5) is 0 Å². The van der Waals surface area contributed by atoms with Crippen molar-refractivity contribution in [3.63, 3.8) is 0 Å². The number of nitrogens with zero attached hydrogens (tertiary/aromatic N) is 1. The third-order valence-corrected chi connectivity index (χ3v) is 3.04. The molecule has 2 rings (SSSR count). The molecule has 0 aliphatic heterocycles. The fourth-order valence-corrected chi connectivity index (χ4v) is 1.72. The zero-order valence-corrected chi connectivity index (χ0v) is 11.4. The first kappa shape index (κ1) is 12.3. The van der Waals surface area contributed by atoms with Crippen molar-refractivity contribution in [1.29, 1.82) is 0 Å². The SMILES string of the molecule is NCc1ccc(OCc2ccc(I)cc2)cn1. The predicted octanol–water partition coefficient (Wildman–Crippen LogP) is 2.72. The Labute approximate surface area is 114 Å². The van der Waals surface area contributed by atoms with Crippen LogP contribution < -0.4 is 10.5 Å². The van der Waals surface area contributed by atoms with Crippen LogP contribution in [0.3, 0.4) is 0 Å². The van der Waals surface area contributed by atoms with Gasteiger partial charge in [-0.25, -0.2) is 0 Å². The first-order valence-electron chi connectivity index (χ1n) is 5.30. The molecule has 0 aliphatic rings. The van der Waals surface area contributed by atoms with E-state index in [1.165, 1.54) is 3.57 Å². The summed E-state index contributed by atoms with van der Waals surface area (Å²) in [6.07, 6.45) is 1.70. The molecule has 1 aromatic heterocycles. The summed E-state index contributed by atoms with van der Waals surface area (Å²) in [4.78, 5) is 4.17. The molecule has 2 N–H and O–H groups in total. The quantitative estimate of drug-likeness (QED) is 0.871. The van der Waals surface area contributed by atoms with Gasteiger partial charge in [0.1, 0.15) is 12.4 Å². The highest BCUT2D eigenvalue weighted by molar-refractivity contribution is 14.1. The highest BCUT2D eigenvalue weighted by Gasteiger charge is 1.97. The van der Waals surface area contributed by atoms with Gasteiger partial charge in [0.05, 0.1) is 11.9 Å². The molecule has 0 spiro atoms. The lowest BCUT2D eigenvalue weighted by Crippen LogP contribution is -2.00. The molecule has 0 bridgehead atoms. The van der Waals surface area contributed by atoms with E-state index in [4.69, 9.17) is 10.5 Å². The minimum atomic E-state index is 0.456. The minimum absolute atomic E-state index is 0.456. The smallest absolute Gasteiger partial charge is 0.138 e. The van der Waals surface area contributed by atoms with Crippen molar-refractivity contribution in [2.45, 2.75) is 13.2 Å². The first-order chi connectivity index (χ1) is 8.28. The molecule has 0 radical (unpaired) electrons. The van der Waals surface area contributed by atoms with Crippen molar-refractivity contribution in [3.05, 3.63) is 57.4 Å². The average molecular weight is 340 g/mol. The van der Waals surface area contributed by atoms with Gasteiger partial charge in [0, 0.05) is 10.1 Å². The average Bonchev–Trinajstić information content (AvgIpc) is 2.39. The largest absolute Gasteiger partial charge is 0.487 e. The van der Waals surface area contributed by atoms with Gasteiger partial charge in [0.25, 0.3) is 0 Å². The number of pyridine rings is 1. The molecule has 0 amide bonds. The lowest BCUT2D eigenvalue weighted by Gasteiger charge is -2.06. The van der Waals surface area contributed by atoms with Crippen LogP contribution >= 0.6 is 22.6 Å². The first-order valence-corrected chi connectivity index (χ1v) is 6.38. The molecule has 2 aromatic rings. The third kappa shape index (κ3) is 3.67. The Morgan fingerprint density at radius 3 is 2.47 bits per heavy atom. The second kappa shape index (κ2) is 5.97. The van der Waals surface area contributed by atoms with Crippen LogP contribution in [-0.2, 0) is 13.2 Å². The Bertz CT molecular complexity index is 468. The molecule has 1 aromatic carbocycles. The van der Waals surface area contributed by atoms with Crippen molar-refractivity contribution in [1.82, 2.24) is 4.98 Å². The van der Waals surface area contributed by atoms with Crippen LogP contribution in [0.2, 0.25) is 0 Å². The molecule has 4 heteroatoms. The summed E-state index contributed by atoms with van der Waals surface area (Å²) in [5.74, 6) is 0.765. The van der Waals surface area contributed by atoms with Gasteiger partial charge in [0.15, 0.2) is 0 Å². The van der Waals surface area contributed by atoms with Gasteiger partial charge < -0.3 is 10.5 Å². The zero-order chi connectivity index (χ0) is 12.1. The molecule has 1 heterocycles. The highest BCUT2D eigenvalue weighted by atomic mass is 127. The number of rotatable bonds is 4. The lowest BCUT2D eigenvalue weighted by atomic mass is 10.2. The van der Waals surface area contributed by atoms with Crippen molar-refractivity contribution in [2.75, 3.05) is 0 Å². The number of aromatic nitrogens is 1. The van der Waals surface area contributed by atoms with Crippen molar-refractivity contribution >= 4 is 22.6 Å².